The molecule has 0 spiro atoms. The summed E-state index contributed by atoms with van der Waals surface area (Å²) < 4.78 is 4.10. The second kappa shape index (κ2) is 7.18. The minimum atomic E-state index is -0.249. The molecule has 124 valence electrons. The third-order valence-electron chi connectivity index (χ3n) is 3.66. The van der Waals surface area contributed by atoms with E-state index in [1.807, 2.05) is 20.8 Å². The van der Waals surface area contributed by atoms with Gasteiger partial charge in [-0.15, -0.1) is 6.58 Å². The van der Waals surface area contributed by atoms with E-state index in [4.69, 9.17) is 12.2 Å². The molecule has 8 heteroatoms. The molecule has 0 bridgehead atoms. The van der Waals surface area contributed by atoms with Crippen LogP contribution in [0, 0.1) is 9.87 Å². The van der Waals surface area contributed by atoms with Crippen LogP contribution >= 0.6 is 23.6 Å². The second-order valence-electron chi connectivity index (χ2n) is 5.70. The number of carbonyl (C=O) groups excluding carboxylic acids is 1. The highest BCUT2D eigenvalue weighted by Crippen LogP contribution is 2.17. The molecule has 0 aliphatic rings. The fourth-order valence-corrected chi connectivity index (χ4v) is 3.31. The van der Waals surface area contributed by atoms with E-state index in [0.29, 0.717) is 26.8 Å². The minimum absolute atomic E-state index is 0.0469. The fraction of sp³-hybridized carbons (Fsp3) is 0.467. The van der Waals surface area contributed by atoms with Crippen LogP contribution in [-0.4, -0.2) is 26.1 Å². The zero-order valence-corrected chi connectivity index (χ0v) is 15.0. The Morgan fingerprint density at radius 3 is 2.83 bits per heavy atom. The maximum atomic E-state index is 12.5. The molecule has 1 atom stereocenters. The summed E-state index contributed by atoms with van der Waals surface area (Å²) in [7, 11) is 0. The maximum Gasteiger partial charge on any atom is 0.273 e. The summed E-state index contributed by atoms with van der Waals surface area (Å²) in [6.07, 6.45) is 3.10. The quantitative estimate of drug-likeness (QED) is 0.640. The molecule has 2 aromatic rings. The van der Waals surface area contributed by atoms with Gasteiger partial charge in [-0.1, -0.05) is 31.3 Å². The van der Waals surface area contributed by atoms with Gasteiger partial charge in [0.1, 0.15) is 17.6 Å². The molecule has 0 aliphatic carbocycles. The molecule has 2 rings (SSSR count). The molecular weight excluding hydrogens is 332 g/mol. The number of hydrogen-bond acceptors (Lipinski definition) is 5. The first-order chi connectivity index (χ1) is 10.8. The van der Waals surface area contributed by atoms with Gasteiger partial charge in [0.05, 0.1) is 0 Å². The van der Waals surface area contributed by atoms with Crippen LogP contribution in [0.1, 0.15) is 20.8 Å². The number of carbonyl (C=O) groups is 1. The van der Waals surface area contributed by atoms with Gasteiger partial charge in [0.15, 0.2) is 9.60 Å². The summed E-state index contributed by atoms with van der Waals surface area (Å²) in [5, 5.41) is 2.88. The Labute approximate surface area is 143 Å². The lowest BCUT2D eigenvalue weighted by molar-refractivity contribution is -0.122. The molecule has 6 nitrogen and oxygen atoms in total. The van der Waals surface area contributed by atoms with Crippen LogP contribution in [0.15, 0.2) is 23.8 Å². The molecule has 0 saturated carbocycles. The van der Waals surface area contributed by atoms with Gasteiger partial charge in [-0.2, -0.15) is 0 Å². The van der Waals surface area contributed by atoms with Gasteiger partial charge in [-0.05, 0) is 25.1 Å². The summed E-state index contributed by atoms with van der Waals surface area (Å²) in [4.78, 5) is 28.9. The maximum absolute atomic E-state index is 12.5. The normalized spacial score (nSPS) is 12.5. The predicted molar refractivity (Wildman–Crippen MR) is 95.3 cm³/mol. The van der Waals surface area contributed by atoms with Crippen molar-refractivity contribution in [3.05, 3.63) is 33.3 Å². The molecule has 1 N–H and O–H groups in total. The lowest BCUT2D eigenvalue weighted by atomic mass is 10.1. The van der Waals surface area contributed by atoms with E-state index in [9.17, 15) is 9.59 Å². The van der Waals surface area contributed by atoms with Crippen LogP contribution in [0.2, 0.25) is 0 Å². The predicted octanol–water partition coefficient (Wildman–Crippen LogP) is 2.34. The zero-order chi connectivity index (χ0) is 17.1. The Bertz CT molecular complexity index is 847. The molecule has 2 heterocycles. The summed E-state index contributed by atoms with van der Waals surface area (Å²) in [6, 6.07) is 0.0469. The van der Waals surface area contributed by atoms with Gasteiger partial charge in [0.2, 0.25) is 5.91 Å². The van der Waals surface area contributed by atoms with E-state index in [0.717, 1.165) is 0 Å². The summed E-state index contributed by atoms with van der Waals surface area (Å²) >= 11 is 6.47. The molecule has 0 fully saturated rings. The van der Waals surface area contributed by atoms with Gasteiger partial charge < -0.3 is 9.88 Å². The number of allylic oxidation sites excluding steroid dienone is 1. The highest BCUT2D eigenvalue weighted by Gasteiger charge is 2.15. The lowest BCUT2D eigenvalue weighted by Gasteiger charge is -2.17. The Morgan fingerprint density at radius 1 is 1.52 bits per heavy atom. The van der Waals surface area contributed by atoms with Crippen molar-refractivity contribution in [2.75, 3.05) is 0 Å². The van der Waals surface area contributed by atoms with Crippen molar-refractivity contribution < 1.29 is 4.79 Å². The Balaban J connectivity index is 2.32. The molecular formula is C15H20N4O2S2. The molecule has 0 aromatic carbocycles. The number of hydrogen-bond donors (Lipinski definition) is 1. The Hall–Kier alpha value is -1.80. The van der Waals surface area contributed by atoms with Gasteiger partial charge in [0.25, 0.3) is 5.56 Å². The summed E-state index contributed by atoms with van der Waals surface area (Å²) in [5.41, 5.74) is 0.290. The molecule has 0 saturated heterocycles. The molecule has 0 aliphatic heterocycles. The third-order valence-corrected chi connectivity index (χ3v) is 5.08. The van der Waals surface area contributed by atoms with Crippen LogP contribution in [0.25, 0.3) is 10.3 Å². The number of rotatable bonds is 6. The standard InChI is InChI=1S/C15H20N4O2S2/c1-5-6-19-13-12(23-15(19)22)14(21)18(8-16-13)7-11(20)17-10(4)9(2)3/h5,8-10H,1,6-7H2,2-4H3,(H,17,20). The Kier molecular flexibility index (Phi) is 5.48. The molecule has 1 amide bonds. The van der Waals surface area contributed by atoms with Crippen LogP contribution in [0.3, 0.4) is 0 Å². The van der Waals surface area contributed by atoms with Crippen molar-refractivity contribution in [3.8, 4) is 0 Å². The first kappa shape index (κ1) is 17.6. The van der Waals surface area contributed by atoms with Crippen molar-refractivity contribution >= 4 is 39.8 Å². The average Bonchev–Trinajstić information content (AvgIpc) is 2.80. The van der Waals surface area contributed by atoms with E-state index in [1.54, 1.807) is 10.6 Å². The molecule has 1 unspecified atom stereocenters. The van der Waals surface area contributed by atoms with E-state index < -0.39 is 0 Å². The summed E-state index contributed by atoms with van der Waals surface area (Å²) in [5.74, 6) is 0.123. The van der Waals surface area contributed by atoms with Gasteiger partial charge in [-0.3, -0.25) is 14.2 Å². The number of fused-ring (bicyclic) bond motifs is 1. The first-order valence-corrected chi connectivity index (χ1v) is 8.56. The van der Waals surface area contributed by atoms with Crippen molar-refractivity contribution in [1.29, 1.82) is 0 Å². The van der Waals surface area contributed by atoms with Crippen molar-refractivity contribution in [2.24, 2.45) is 5.92 Å². The third kappa shape index (κ3) is 3.76. The van der Waals surface area contributed by atoms with Crippen LogP contribution in [-0.2, 0) is 17.9 Å². The second-order valence-corrected chi connectivity index (χ2v) is 7.34. The first-order valence-electron chi connectivity index (χ1n) is 7.34. The van der Waals surface area contributed by atoms with E-state index in [1.165, 1.54) is 22.2 Å². The Morgan fingerprint density at radius 2 is 2.22 bits per heavy atom. The molecule has 2 aromatic heterocycles. The topological polar surface area (TPSA) is 68.9 Å². The number of nitrogens with zero attached hydrogens (tertiary/aromatic N) is 3. The smallest absolute Gasteiger partial charge is 0.273 e. The monoisotopic (exact) mass is 352 g/mol. The highest BCUT2D eigenvalue weighted by molar-refractivity contribution is 7.73. The van der Waals surface area contributed by atoms with Crippen molar-refractivity contribution in [3.63, 3.8) is 0 Å². The van der Waals surface area contributed by atoms with Crippen LogP contribution < -0.4 is 10.9 Å². The average molecular weight is 352 g/mol. The summed E-state index contributed by atoms with van der Waals surface area (Å²) in [6.45, 7) is 10.1. The largest absolute Gasteiger partial charge is 0.352 e. The number of aromatic nitrogens is 3. The number of nitrogens with one attached hydrogen (secondary N) is 1. The zero-order valence-electron chi connectivity index (χ0n) is 13.4. The lowest BCUT2D eigenvalue weighted by Crippen LogP contribution is -2.39. The van der Waals surface area contributed by atoms with Crippen LogP contribution in [0.5, 0.6) is 0 Å². The van der Waals surface area contributed by atoms with Crippen molar-refractivity contribution in [2.45, 2.75) is 39.9 Å². The van der Waals surface area contributed by atoms with Gasteiger partial charge in [-0.25, -0.2) is 4.98 Å². The van der Waals surface area contributed by atoms with Crippen LogP contribution in [0.4, 0.5) is 0 Å². The van der Waals surface area contributed by atoms with E-state index in [2.05, 4.69) is 16.9 Å². The van der Waals surface area contributed by atoms with E-state index in [-0.39, 0.29) is 24.1 Å². The highest BCUT2D eigenvalue weighted by atomic mass is 32.1. The molecule has 0 radical (unpaired) electrons. The van der Waals surface area contributed by atoms with Gasteiger partial charge >= 0.3 is 0 Å². The minimum Gasteiger partial charge on any atom is -0.352 e. The van der Waals surface area contributed by atoms with E-state index >= 15 is 0 Å². The SMILES string of the molecule is C=CCn1c(=S)sc2c(=O)n(CC(=O)NC(C)C(C)C)cnc21. The van der Waals surface area contributed by atoms with Gasteiger partial charge in [0, 0.05) is 12.6 Å². The number of thiazole rings is 1. The number of amides is 1. The fourth-order valence-electron chi connectivity index (χ4n) is 2.00. The molecule has 23 heavy (non-hydrogen) atoms. The van der Waals surface area contributed by atoms with Crippen molar-refractivity contribution in [1.82, 2.24) is 19.4 Å².